The largest absolute Gasteiger partial charge is 0.481 e. The van der Waals surface area contributed by atoms with Gasteiger partial charge in [-0.3, -0.25) is 9.59 Å². The first-order valence-corrected chi connectivity index (χ1v) is 7.52. The minimum absolute atomic E-state index is 0.0322. The molecule has 0 fully saturated rings. The average Bonchev–Trinajstić information content (AvgIpc) is 2.37. The van der Waals surface area contributed by atoms with Crippen molar-refractivity contribution in [3.8, 4) is 5.75 Å². The van der Waals surface area contributed by atoms with Crippen molar-refractivity contribution in [2.45, 2.75) is 13.0 Å². The molecular weight excluding hydrogens is 302 g/mol. The minimum atomic E-state index is -0.862. The summed E-state index contributed by atoms with van der Waals surface area (Å²) < 4.78 is 5.45. The number of amides is 1. The van der Waals surface area contributed by atoms with Crippen LogP contribution in [0.2, 0.25) is 5.02 Å². The molecule has 0 aliphatic rings. The summed E-state index contributed by atoms with van der Waals surface area (Å²) in [6.07, 6.45) is -0.641. The van der Waals surface area contributed by atoms with Gasteiger partial charge in [-0.25, -0.2) is 0 Å². The topological polar surface area (TPSA) is 75.6 Å². The predicted molar refractivity (Wildman–Crippen MR) is 79.5 cm³/mol. The Morgan fingerprint density at radius 1 is 1.50 bits per heavy atom. The average molecular weight is 318 g/mol. The second-order valence-corrected chi connectivity index (χ2v) is 5.50. The second-order valence-electron chi connectivity index (χ2n) is 3.95. The Morgan fingerprint density at radius 2 is 2.25 bits per heavy atom. The van der Waals surface area contributed by atoms with E-state index in [4.69, 9.17) is 21.4 Å². The zero-order valence-corrected chi connectivity index (χ0v) is 12.5. The number of carboxylic acid groups (broad SMARTS) is 1. The van der Waals surface area contributed by atoms with Crippen LogP contribution in [0.3, 0.4) is 0 Å². The van der Waals surface area contributed by atoms with Crippen LogP contribution in [0.25, 0.3) is 0 Å². The molecule has 0 aliphatic heterocycles. The first-order valence-electron chi connectivity index (χ1n) is 5.98. The molecule has 0 saturated carbocycles. The van der Waals surface area contributed by atoms with Crippen molar-refractivity contribution in [1.29, 1.82) is 0 Å². The van der Waals surface area contributed by atoms with Gasteiger partial charge in [-0.15, -0.1) is 11.8 Å². The number of carbonyl (C=O) groups excluding carboxylic acids is 1. The second kappa shape index (κ2) is 8.71. The van der Waals surface area contributed by atoms with Crippen LogP contribution >= 0.6 is 23.4 Å². The summed E-state index contributed by atoms with van der Waals surface area (Å²) in [5.41, 5.74) is 0. The maximum Gasteiger partial charge on any atom is 0.313 e. The van der Waals surface area contributed by atoms with Crippen LogP contribution < -0.4 is 10.1 Å². The fourth-order valence-corrected chi connectivity index (χ4v) is 2.09. The Labute approximate surface area is 126 Å². The quantitative estimate of drug-likeness (QED) is 0.718. The molecule has 110 valence electrons. The Balaban J connectivity index is 2.27. The van der Waals surface area contributed by atoms with E-state index < -0.39 is 12.1 Å². The standard InChI is InChI=1S/C13H16ClNO4S/c1-9(19-11-4-2-3-10(14)7-11)13(18)15-5-6-20-8-12(16)17/h2-4,7,9H,5-6,8H2,1H3,(H,15,18)(H,16,17). The summed E-state index contributed by atoms with van der Waals surface area (Å²) >= 11 is 7.07. The van der Waals surface area contributed by atoms with Crippen LogP contribution in [0, 0.1) is 0 Å². The van der Waals surface area contributed by atoms with E-state index >= 15 is 0 Å². The molecule has 0 saturated heterocycles. The molecule has 7 heteroatoms. The van der Waals surface area contributed by atoms with Gasteiger partial charge < -0.3 is 15.2 Å². The smallest absolute Gasteiger partial charge is 0.313 e. The third kappa shape index (κ3) is 6.68. The van der Waals surface area contributed by atoms with Crippen molar-refractivity contribution in [2.24, 2.45) is 0 Å². The molecule has 0 aromatic heterocycles. The normalized spacial score (nSPS) is 11.7. The lowest BCUT2D eigenvalue weighted by Gasteiger charge is -2.14. The highest BCUT2D eigenvalue weighted by molar-refractivity contribution is 7.99. The van der Waals surface area contributed by atoms with E-state index in [0.717, 1.165) is 0 Å². The summed E-state index contributed by atoms with van der Waals surface area (Å²) in [6, 6.07) is 6.82. The van der Waals surface area contributed by atoms with Crippen molar-refractivity contribution < 1.29 is 19.4 Å². The van der Waals surface area contributed by atoms with Gasteiger partial charge in [0, 0.05) is 17.3 Å². The Kier molecular flexibility index (Phi) is 7.25. The van der Waals surface area contributed by atoms with Crippen molar-refractivity contribution in [3.63, 3.8) is 0 Å². The SMILES string of the molecule is CC(Oc1cccc(Cl)c1)C(=O)NCCSCC(=O)O. The fraction of sp³-hybridized carbons (Fsp3) is 0.385. The van der Waals surface area contributed by atoms with Crippen LogP contribution in [-0.4, -0.2) is 41.1 Å². The summed E-state index contributed by atoms with van der Waals surface area (Å²) in [4.78, 5) is 22.0. The van der Waals surface area contributed by atoms with E-state index in [1.807, 2.05) is 0 Å². The van der Waals surface area contributed by atoms with Gasteiger partial charge in [0.15, 0.2) is 6.10 Å². The number of ether oxygens (including phenoxy) is 1. The Bertz CT molecular complexity index is 469. The van der Waals surface area contributed by atoms with E-state index in [0.29, 0.717) is 23.1 Å². The molecule has 1 rings (SSSR count). The molecule has 20 heavy (non-hydrogen) atoms. The lowest BCUT2D eigenvalue weighted by atomic mass is 10.3. The number of benzene rings is 1. The van der Waals surface area contributed by atoms with Gasteiger partial charge in [0.25, 0.3) is 5.91 Å². The summed E-state index contributed by atoms with van der Waals surface area (Å²) in [5, 5.41) is 11.7. The molecule has 0 spiro atoms. The lowest BCUT2D eigenvalue weighted by molar-refractivity contribution is -0.134. The van der Waals surface area contributed by atoms with E-state index in [-0.39, 0.29) is 11.7 Å². The molecule has 2 N–H and O–H groups in total. The predicted octanol–water partition coefficient (Wildman–Crippen LogP) is 2.04. The van der Waals surface area contributed by atoms with Crippen LogP contribution in [0.1, 0.15) is 6.92 Å². The molecule has 0 heterocycles. The molecule has 1 amide bonds. The molecule has 1 unspecified atom stereocenters. The Hall–Kier alpha value is -1.40. The monoisotopic (exact) mass is 317 g/mol. The van der Waals surface area contributed by atoms with E-state index in [2.05, 4.69) is 5.32 Å². The van der Waals surface area contributed by atoms with Gasteiger partial charge in [0.2, 0.25) is 0 Å². The molecule has 1 atom stereocenters. The van der Waals surface area contributed by atoms with E-state index in [9.17, 15) is 9.59 Å². The summed E-state index contributed by atoms with van der Waals surface area (Å²) in [7, 11) is 0. The maximum absolute atomic E-state index is 11.7. The maximum atomic E-state index is 11.7. The number of hydrogen-bond acceptors (Lipinski definition) is 4. The van der Waals surface area contributed by atoms with Crippen molar-refractivity contribution in [2.75, 3.05) is 18.1 Å². The van der Waals surface area contributed by atoms with Gasteiger partial charge in [-0.1, -0.05) is 17.7 Å². The molecule has 1 aromatic rings. The van der Waals surface area contributed by atoms with Crippen LogP contribution in [-0.2, 0) is 9.59 Å². The van der Waals surface area contributed by atoms with Gasteiger partial charge in [0.1, 0.15) is 5.75 Å². The third-order valence-electron chi connectivity index (χ3n) is 2.25. The van der Waals surface area contributed by atoms with Crippen molar-refractivity contribution >= 4 is 35.2 Å². The lowest BCUT2D eigenvalue weighted by Crippen LogP contribution is -2.37. The highest BCUT2D eigenvalue weighted by Gasteiger charge is 2.14. The highest BCUT2D eigenvalue weighted by Crippen LogP contribution is 2.18. The molecular formula is C13H16ClNO4S. The van der Waals surface area contributed by atoms with E-state index in [1.54, 1.807) is 31.2 Å². The summed E-state index contributed by atoms with van der Waals surface area (Å²) in [5.74, 6) is -0.00731. The molecule has 5 nitrogen and oxygen atoms in total. The molecule has 0 bridgehead atoms. The molecule has 0 radical (unpaired) electrons. The first kappa shape index (κ1) is 16.7. The highest BCUT2D eigenvalue weighted by atomic mass is 35.5. The number of aliphatic carboxylic acids is 1. The first-order chi connectivity index (χ1) is 9.49. The number of hydrogen-bond donors (Lipinski definition) is 2. The molecule has 0 aliphatic carbocycles. The van der Waals surface area contributed by atoms with Gasteiger partial charge in [0.05, 0.1) is 5.75 Å². The number of halogens is 1. The molecule has 1 aromatic carbocycles. The number of thioether (sulfide) groups is 1. The number of rotatable bonds is 8. The van der Waals surface area contributed by atoms with Gasteiger partial charge in [-0.05, 0) is 25.1 Å². The van der Waals surface area contributed by atoms with Crippen LogP contribution in [0.5, 0.6) is 5.75 Å². The zero-order chi connectivity index (χ0) is 15.0. The Morgan fingerprint density at radius 3 is 2.90 bits per heavy atom. The summed E-state index contributed by atoms with van der Waals surface area (Å²) in [6.45, 7) is 2.04. The van der Waals surface area contributed by atoms with Crippen molar-refractivity contribution in [1.82, 2.24) is 5.32 Å². The zero-order valence-electron chi connectivity index (χ0n) is 11.0. The third-order valence-corrected chi connectivity index (χ3v) is 3.43. The minimum Gasteiger partial charge on any atom is -0.481 e. The van der Waals surface area contributed by atoms with Gasteiger partial charge >= 0.3 is 5.97 Å². The number of nitrogens with one attached hydrogen (secondary N) is 1. The number of carbonyl (C=O) groups is 2. The number of carboxylic acids is 1. The van der Waals surface area contributed by atoms with Gasteiger partial charge in [-0.2, -0.15) is 0 Å². The van der Waals surface area contributed by atoms with Crippen molar-refractivity contribution in [3.05, 3.63) is 29.3 Å². The fourth-order valence-electron chi connectivity index (χ4n) is 1.35. The van der Waals surface area contributed by atoms with E-state index in [1.165, 1.54) is 11.8 Å². The van der Waals surface area contributed by atoms with Crippen LogP contribution in [0.15, 0.2) is 24.3 Å². The van der Waals surface area contributed by atoms with Crippen LogP contribution in [0.4, 0.5) is 0 Å².